The first kappa shape index (κ1) is 13.8. The van der Waals surface area contributed by atoms with Crippen molar-refractivity contribution < 1.29 is 14.6 Å². The number of aliphatic hydroxyl groups is 1. The molecular weight excluding hydrogens is 244 g/mol. The molecule has 19 heavy (non-hydrogen) atoms. The molecule has 0 aromatic carbocycles. The lowest BCUT2D eigenvalue weighted by Crippen LogP contribution is -2.21. The van der Waals surface area contributed by atoms with Crippen LogP contribution in [0.2, 0.25) is 0 Å². The van der Waals surface area contributed by atoms with Crippen LogP contribution in [0.5, 0.6) is 0 Å². The molecule has 0 aliphatic carbocycles. The Morgan fingerprint density at radius 3 is 3.00 bits per heavy atom. The Bertz CT molecular complexity index is 462. The first-order chi connectivity index (χ1) is 9.15. The molecular formula is C14H20N2O3. The van der Waals surface area contributed by atoms with Gasteiger partial charge in [-0.25, -0.2) is 9.78 Å². The van der Waals surface area contributed by atoms with E-state index in [0.29, 0.717) is 17.2 Å². The van der Waals surface area contributed by atoms with E-state index in [-0.39, 0.29) is 12.6 Å². The first-order valence-corrected chi connectivity index (χ1v) is 6.57. The zero-order valence-electron chi connectivity index (χ0n) is 11.4. The maximum atomic E-state index is 11.5. The van der Waals surface area contributed by atoms with Gasteiger partial charge in [-0.05, 0) is 37.8 Å². The smallest absolute Gasteiger partial charge is 0.339 e. The first-order valence-electron chi connectivity index (χ1n) is 6.57. The number of methoxy groups -OCH3 is 1. The minimum Gasteiger partial charge on any atom is -0.465 e. The van der Waals surface area contributed by atoms with Crippen LogP contribution in [0.3, 0.4) is 0 Å². The van der Waals surface area contributed by atoms with E-state index in [1.807, 2.05) is 13.0 Å². The number of anilines is 1. The molecule has 1 N–H and O–H groups in total. The summed E-state index contributed by atoms with van der Waals surface area (Å²) in [5.41, 5.74) is 1.20. The Morgan fingerprint density at radius 2 is 2.37 bits per heavy atom. The number of rotatable bonds is 4. The van der Waals surface area contributed by atoms with Crippen molar-refractivity contribution in [3.63, 3.8) is 0 Å². The van der Waals surface area contributed by atoms with E-state index in [9.17, 15) is 4.79 Å². The standard InChI is InChI=1S/C14H20N2O3/c1-10-12(14(18)19-2)3-4-13(15-10)16-7-5-11(9-16)6-8-17/h3-4,11,17H,5-9H2,1-2H3. The van der Waals surface area contributed by atoms with Gasteiger partial charge in [0.15, 0.2) is 0 Å². The Balaban J connectivity index is 2.10. The number of carbonyl (C=O) groups excluding carboxylic acids is 1. The Labute approximate surface area is 113 Å². The summed E-state index contributed by atoms with van der Waals surface area (Å²) in [4.78, 5) is 18.2. The molecule has 0 spiro atoms. The van der Waals surface area contributed by atoms with E-state index in [1.54, 1.807) is 6.07 Å². The highest BCUT2D eigenvalue weighted by Gasteiger charge is 2.23. The maximum absolute atomic E-state index is 11.5. The van der Waals surface area contributed by atoms with Gasteiger partial charge in [-0.3, -0.25) is 0 Å². The normalized spacial score (nSPS) is 18.7. The van der Waals surface area contributed by atoms with Gasteiger partial charge in [0.05, 0.1) is 18.4 Å². The second-order valence-corrected chi connectivity index (χ2v) is 4.91. The van der Waals surface area contributed by atoms with Gasteiger partial charge in [0.1, 0.15) is 5.82 Å². The average molecular weight is 264 g/mol. The van der Waals surface area contributed by atoms with Crippen molar-refractivity contribution in [2.45, 2.75) is 19.8 Å². The van der Waals surface area contributed by atoms with Crippen molar-refractivity contribution in [1.82, 2.24) is 4.98 Å². The van der Waals surface area contributed by atoms with Gasteiger partial charge in [0.25, 0.3) is 0 Å². The van der Waals surface area contributed by atoms with E-state index in [4.69, 9.17) is 9.84 Å². The fourth-order valence-electron chi connectivity index (χ4n) is 2.51. The van der Waals surface area contributed by atoms with E-state index >= 15 is 0 Å². The number of pyridine rings is 1. The number of esters is 1. The zero-order chi connectivity index (χ0) is 13.8. The summed E-state index contributed by atoms with van der Waals surface area (Å²) in [7, 11) is 1.37. The number of aliphatic hydroxyl groups excluding tert-OH is 1. The second kappa shape index (κ2) is 6.02. The highest BCUT2D eigenvalue weighted by atomic mass is 16.5. The lowest BCUT2D eigenvalue weighted by molar-refractivity contribution is 0.0599. The Hall–Kier alpha value is -1.62. The molecule has 0 bridgehead atoms. The molecule has 1 atom stereocenters. The number of ether oxygens (including phenoxy) is 1. The van der Waals surface area contributed by atoms with Crippen molar-refractivity contribution >= 4 is 11.8 Å². The van der Waals surface area contributed by atoms with Crippen LogP contribution in [-0.2, 0) is 4.74 Å². The number of aryl methyl sites for hydroxylation is 1. The third-order valence-electron chi connectivity index (χ3n) is 3.62. The van der Waals surface area contributed by atoms with Crippen molar-refractivity contribution in [1.29, 1.82) is 0 Å². The minimum atomic E-state index is -0.351. The molecule has 1 aromatic rings. The van der Waals surface area contributed by atoms with Gasteiger partial charge in [0.2, 0.25) is 0 Å². The molecule has 1 aromatic heterocycles. The van der Waals surface area contributed by atoms with Crippen molar-refractivity contribution in [2.24, 2.45) is 5.92 Å². The van der Waals surface area contributed by atoms with E-state index in [0.717, 1.165) is 31.7 Å². The monoisotopic (exact) mass is 264 g/mol. The molecule has 2 heterocycles. The zero-order valence-corrected chi connectivity index (χ0v) is 11.4. The van der Waals surface area contributed by atoms with Crippen LogP contribution in [0.15, 0.2) is 12.1 Å². The third kappa shape index (κ3) is 3.04. The lowest BCUT2D eigenvalue weighted by atomic mass is 10.1. The molecule has 1 aliphatic rings. The molecule has 104 valence electrons. The van der Waals surface area contributed by atoms with Gasteiger partial charge in [-0.1, -0.05) is 0 Å². The SMILES string of the molecule is COC(=O)c1ccc(N2CCC(CCO)C2)nc1C. The fraction of sp³-hybridized carbons (Fsp3) is 0.571. The summed E-state index contributed by atoms with van der Waals surface area (Å²) >= 11 is 0. The highest BCUT2D eigenvalue weighted by molar-refractivity contribution is 5.90. The van der Waals surface area contributed by atoms with E-state index in [2.05, 4.69) is 9.88 Å². The summed E-state index contributed by atoms with van der Waals surface area (Å²) in [5, 5.41) is 8.97. The van der Waals surface area contributed by atoms with Crippen LogP contribution in [0.4, 0.5) is 5.82 Å². The molecule has 5 heteroatoms. The number of nitrogens with zero attached hydrogens (tertiary/aromatic N) is 2. The summed E-state index contributed by atoms with van der Waals surface area (Å²) < 4.78 is 4.71. The summed E-state index contributed by atoms with van der Waals surface area (Å²) in [6.45, 7) is 3.93. The van der Waals surface area contributed by atoms with Crippen molar-refractivity contribution in [3.05, 3.63) is 23.4 Å². The highest BCUT2D eigenvalue weighted by Crippen LogP contribution is 2.25. The summed E-state index contributed by atoms with van der Waals surface area (Å²) in [6, 6.07) is 3.63. The molecule has 1 aliphatic heterocycles. The van der Waals surface area contributed by atoms with Crippen LogP contribution in [0.1, 0.15) is 28.9 Å². The van der Waals surface area contributed by atoms with Crippen LogP contribution >= 0.6 is 0 Å². The van der Waals surface area contributed by atoms with Crippen LogP contribution in [-0.4, -0.2) is 42.9 Å². The average Bonchev–Trinajstić information content (AvgIpc) is 2.87. The Kier molecular flexibility index (Phi) is 4.37. The lowest BCUT2D eigenvalue weighted by Gasteiger charge is -2.18. The van der Waals surface area contributed by atoms with Crippen molar-refractivity contribution in [3.8, 4) is 0 Å². The van der Waals surface area contributed by atoms with Gasteiger partial charge in [0, 0.05) is 19.7 Å². The number of hydrogen-bond donors (Lipinski definition) is 1. The number of aromatic nitrogens is 1. The van der Waals surface area contributed by atoms with Gasteiger partial charge < -0.3 is 14.7 Å². The second-order valence-electron chi connectivity index (χ2n) is 4.91. The minimum absolute atomic E-state index is 0.242. The van der Waals surface area contributed by atoms with Crippen molar-refractivity contribution in [2.75, 3.05) is 31.7 Å². The van der Waals surface area contributed by atoms with E-state index in [1.165, 1.54) is 7.11 Å². The molecule has 0 radical (unpaired) electrons. The predicted octanol–water partition coefficient (Wildman–Crippen LogP) is 1.39. The van der Waals surface area contributed by atoms with Crippen LogP contribution in [0, 0.1) is 12.8 Å². The predicted molar refractivity (Wildman–Crippen MR) is 72.3 cm³/mol. The summed E-state index contributed by atoms with van der Waals surface area (Å²) in [5.74, 6) is 1.08. The van der Waals surface area contributed by atoms with Gasteiger partial charge in [-0.15, -0.1) is 0 Å². The van der Waals surface area contributed by atoms with E-state index < -0.39 is 0 Å². The topological polar surface area (TPSA) is 62.7 Å². The quantitative estimate of drug-likeness (QED) is 0.833. The molecule has 0 amide bonds. The Morgan fingerprint density at radius 1 is 1.58 bits per heavy atom. The van der Waals surface area contributed by atoms with Gasteiger partial charge in [-0.2, -0.15) is 0 Å². The van der Waals surface area contributed by atoms with Crippen LogP contribution in [0.25, 0.3) is 0 Å². The number of hydrogen-bond acceptors (Lipinski definition) is 5. The van der Waals surface area contributed by atoms with Gasteiger partial charge >= 0.3 is 5.97 Å². The molecule has 1 unspecified atom stereocenters. The molecule has 1 saturated heterocycles. The molecule has 2 rings (SSSR count). The molecule has 1 fully saturated rings. The maximum Gasteiger partial charge on any atom is 0.339 e. The third-order valence-corrected chi connectivity index (χ3v) is 3.62. The van der Waals surface area contributed by atoms with Crippen LogP contribution < -0.4 is 4.90 Å². The number of carbonyl (C=O) groups is 1. The molecule has 0 saturated carbocycles. The summed E-state index contributed by atoms with van der Waals surface area (Å²) in [6.07, 6.45) is 1.93. The fourth-order valence-corrected chi connectivity index (χ4v) is 2.51. The molecule has 5 nitrogen and oxygen atoms in total. The largest absolute Gasteiger partial charge is 0.465 e.